The van der Waals surface area contributed by atoms with E-state index < -0.39 is 0 Å². The first-order valence-electron chi connectivity index (χ1n) is 6.63. The highest BCUT2D eigenvalue weighted by molar-refractivity contribution is 5.47. The Morgan fingerprint density at radius 1 is 1.38 bits per heavy atom. The van der Waals surface area contributed by atoms with Crippen LogP contribution in [0.4, 0.5) is 5.69 Å². The highest BCUT2D eigenvalue weighted by atomic mass is 16.6. The zero-order chi connectivity index (χ0) is 15.4. The van der Waals surface area contributed by atoms with Gasteiger partial charge in [-0.15, -0.1) is 0 Å². The van der Waals surface area contributed by atoms with Crippen LogP contribution in [0.1, 0.15) is 22.6 Å². The number of nitrogens with zero attached hydrogens (tertiary/aromatic N) is 5. The fourth-order valence-electron chi connectivity index (χ4n) is 2.13. The van der Waals surface area contributed by atoms with Gasteiger partial charge in [0.25, 0.3) is 5.69 Å². The van der Waals surface area contributed by atoms with E-state index >= 15 is 0 Å². The number of nitrogens with one attached hydrogen (secondary N) is 1. The average molecular weight is 290 g/mol. The summed E-state index contributed by atoms with van der Waals surface area (Å²) in [5, 5.41) is 18.4. The van der Waals surface area contributed by atoms with E-state index in [1.54, 1.807) is 31.1 Å². The van der Waals surface area contributed by atoms with Gasteiger partial charge in [-0.3, -0.25) is 19.8 Å². The summed E-state index contributed by atoms with van der Waals surface area (Å²) in [6.45, 7) is 4.60. The Hall–Kier alpha value is -2.35. The molecule has 0 unspecified atom stereocenters. The first-order valence-corrected chi connectivity index (χ1v) is 6.63. The normalized spacial score (nSPS) is 10.8. The zero-order valence-electron chi connectivity index (χ0n) is 12.3. The molecule has 0 aliphatic heterocycles. The summed E-state index contributed by atoms with van der Waals surface area (Å²) in [4.78, 5) is 19.1. The standard InChI is InChI=1S/C13H18N6O2/c1-9-6-15-11(10(2)13(9)19(20)21)7-14-5-4-12-16-8-18(3)17-12/h6,8,14H,4-5,7H2,1-3H3. The molecule has 21 heavy (non-hydrogen) atoms. The lowest BCUT2D eigenvalue weighted by molar-refractivity contribution is -0.386. The van der Waals surface area contributed by atoms with Gasteiger partial charge in [-0.2, -0.15) is 5.10 Å². The van der Waals surface area contributed by atoms with Crippen molar-refractivity contribution in [2.45, 2.75) is 26.8 Å². The van der Waals surface area contributed by atoms with Crippen molar-refractivity contribution in [3.8, 4) is 0 Å². The number of pyridine rings is 1. The molecule has 0 bridgehead atoms. The maximum Gasteiger partial charge on any atom is 0.278 e. The molecule has 2 aromatic heterocycles. The molecule has 2 rings (SSSR count). The average Bonchev–Trinajstić information content (AvgIpc) is 2.82. The third-order valence-corrected chi connectivity index (χ3v) is 3.22. The Morgan fingerprint density at radius 3 is 2.76 bits per heavy atom. The smallest absolute Gasteiger partial charge is 0.278 e. The Labute approximate surface area is 122 Å². The van der Waals surface area contributed by atoms with E-state index in [0.29, 0.717) is 36.3 Å². The van der Waals surface area contributed by atoms with Gasteiger partial charge in [-0.05, 0) is 13.8 Å². The van der Waals surface area contributed by atoms with Crippen molar-refractivity contribution in [1.82, 2.24) is 25.1 Å². The third kappa shape index (κ3) is 3.60. The Kier molecular flexibility index (Phi) is 4.59. The Balaban J connectivity index is 1.94. The van der Waals surface area contributed by atoms with Crippen LogP contribution in [0.15, 0.2) is 12.5 Å². The van der Waals surface area contributed by atoms with E-state index in [2.05, 4.69) is 20.4 Å². The van der Waals surface area contributed by atoms with E-state index in [0.717, 1.165) is 5.82 Å². The van der Waals surface area contributed by atoms with Crippen LogP contribution in [0.2, 0.25) is 0 Å². The van der Waals surface area contributed by atoms with Gasteiger partial charge in [-0.25, -0.2) is 4.98 Å². The summed E-state index contributed by atoms with van der Waals surface area (Å²) in [5.74, 6) is 0.768. The first-order chi connectivity index (χ1) is 9.99. The van der Waals surface area contributed by atoms with E-state index in [9.17, 15) is 10.1 Å². The Morgan fingerprint density at radius 2 is 2.14 bits per heavy atom. The van der Waals surface area contributed by atoms with Crippen LogP contribution in [0, 0.1) is 24.0 Å². The maximum absolute atomic E-state index is 11.1. The van der Waals surface area contributed by atoms with Crippen molar-refractivity contribution in [2.24, 2.45) is 7.05 Å². The molecule has 0 spiro atoms. The van der Waals surface area contributed by atoms with E-state index in [4.69, 9.17) is 0 Å². The van der Waals surface area contributed by atoms with Gasteiger partial charge in [0, 0.05) is 43.9 Å². The second-order valence-electron chi connectivity index (χ2n) is 4.88. The first kappa shape index (κ1) is 15.0. The molecule has 8 nitrogen and oxygen atoms in total. The van der Waals surface area contributed by atoms with Crippen LogP contribution in [0.25, 0.3) is 0 Å². The number of rotatable bonds is 6. The molecule has 0 fully saturated rings. The number of aryl methyl sites for hydroxylation is 2. The SMILES string of the molecule is Cc1cnc(CNCCc2ncn(C)n2)c(C)c1[N+](=O)[O-]. The van der Waals surface area contributed by atoms with Gasteiger partial charge in [-0.1, -0.05) is 0 Å². The molecule has 0 atom stereocenters. The maximum atomic E-state index is 11.1. The minimum absolute atomic E-state index is 0.146. The highest BCUT2D eigenvalue weighted by Gasteiger charge is 2.18. The lowest BCUT2D eigenvalue weighted by atomic mass is 10.1. The van der Waals surface area contributed by atoms with Gasteiger partial charge in [0.1, 0.15) is 6.33 Å². The van der Waals surface area contributed by atoms with Crippen molar-refractivity contribution in [3.63, 3.8) is 0 Å². The molecule has 1 N–H and O–H groups in total. The van der Waals surface area contributed by atoms with E-state index in [1.165, 1.54) is 0 Å². The topological polar surface area (TPSA) is 98.8 Å². The molecule has 0 aliphatic carbocycles. The van der Waals surface area contributed by atoms with E-state index in [-0.39, 0.29) is 10.6 Å². The number of nitro groups is 1. The fraction of sp³-hybridized carbons (Fsp3) is 0.462. The van der Waals surface area contributed by atoms with Crippen molar-refractivity contribution < 1.29 is 4.92 Å². The summed E-state index contributed by atoms with van der Waals surface area (Å²) in [6.07, 6.45) is 3.90. The summed E-state index contributed by atoms with van der Waals surface area (Å²) in [7, 11) is 1.82. The predicted molar refractivity (Wildman–Crippen MR) is 76.8 cm³/mol. The monoisotopic (exact) mass is 290 g/mol. The van der Waals surface area contributed by atoms with Gasteiger partial charge in [0.2, 0.25) is 0 Å². The van der Waals surface area contributed by atoms with Crippen LogP contribution in [-0.2, 0) is 20.0 Å². The second kappa shape index (κ2) is 6.40. The van der Waals surface area contributed by atoms with Crippen LogP contribution in [-0.4, -0.2) is 31.2 Å². The largest absolute Gasteiger partial charge is 0.311 e. The summed E-state index contributed by atoms with van der Waals surface area (Å²) in [6, 6.07) is 0. The van der Waals surface area contributed by atoms with Crippen LogP contribution >= 0.6 is 0 Å². The van der Waals surface area contributed by atoms with Gasteiger partial charge in [0.15, 0.2) is 5.82 Å². The van der Waals surface area contributed by atoms with Crippen LogP contribution < -0.4 is 5.32 Å². The van der Waals surface area contributed by atoms with Crippen LogP contribution in [0.5, 0.6) is 0 Å². The summed E-state index contributed by atoms with van der Waals surface area (Å²) >= 11 is 0. The minimum Gasteiger partial charge on any atom is -0.311 e. The second-order valence-corrected chi connectivity index (χ2v) is 4.88. The van der Waals surface area contributed by atoms with Crippen molar-refractivity contribution >= 4 is 5.69 Å². The van der Waals surface area contributed by atoms with Gasteiger partial charge >= 0.3 is 0 Å². The molecule has 0 saturated carbocycles. The summed E-state index contributed by atoms with van der Waals surface area (Å²) < 4.78 is 1.66. The quantitative estimate of drug-likeness (QED) is 0.485. The molecule has 0 aromatic carbocycles. The third-order valence-electron chi connectivity index (χ3n) is 3.22. The molecule has 8 heteroatoms. The summed E-state index contributed by atoms with van der Waals surface area (Å²) in [5.41, 5.74) is 2.04. The van der Waals surface area contributed by atoms with Gasteiger partial charge < -0.3 is 5.32 Å². The number of aromatic nitrogens is 4. The van der Waals surface area contributed by atoms with E-state index in [1.807, 2.05) is 7.05 Å². The zero-order valence-corrected chi connectivity index (χ0v) is 12.3. The van der Waals surface area contributed by atoms with Crippen molar-refractivity contribution in [2.75, 3.05) is 6.54 Å². The molecule has 0 radical (unpaired) electrons. The molecule has 0 aliphatic rings. The fourth-order valence-corrected chi connectivity index (χ4v) is 2.13. The molecule has 112 valence electrons. The molecule has 2 heterocycles. The van der Waals surface area contributed by atoms with Crippen LogP contribution in [0.3, 0.4) is 0 Å². The highest BCUT2D eigenvalue weighted by Crippen LogP contribution is 2.23. The predicted octanol–water partition coefficient (Wildman–Crippen LogP) is 1.07. The number of hydrogen-bond donors (Lipinski definition) is 1. The Bertz CT molecular complexity index is 652. The lowest BCUT2D eigenvalue weighted by Crippen LogP contribution is -2.19. The minimum atomic E-state index is -0.354. The molecule has 0 amide bonds. The molecule has 0 saturated heterocycles. The van der Waals surface area contributed by atoms with Crippen molar-refractivity contribution in [1.29, 1.82) is 0 Å². The number of hydrogen-bond acceptors (Lipinski definition) is 6. The molecular formula is C13H18N6O2. The molecule has 2 aromatic rings. The van der Waals surface area contributed by atoms with Crippen molar-refractivity contribution in [3.05, 3.63) is 45.3 Å². The lowest BCUT2D eigenvalue weighted by Gasteiger charge is -2.08. The van der Waals surface area contributed by atoms with Gasteiger partial charge in [0.05, 0.1) is 10.6 Å². The molecular weight excluding hydrogens is 272 g/mol.